The molecule has 1 fully saturated rings. The van der Waals surface area contributed by atoms with Gasteiger partial charge in [0, 0.05) is 11.6 Å². The van der Waals surface area contributed by atoms with Gasteiger partial charge in [0.1, 0.15) is 11.8 Å². The van der Waals surface area contributed by atoms with Crippen LogP contribution in [0.2, 0.25) is 0 Å². The minimum atomic E-state index is -0.558. The first-order chi connectivity index (χ1) is 9.97. The Balaban J connectivity index is 2.30. The largest absolute Gasteiger partial charge is 0.496 e. The lowest BCUT2D eigenvalue weighted by atomic mass is 10.1. The van der Waals surface area contributed by atoms with Crippen molar-refractivity contribution in [3.05, 3.63) is 33.4 Å². The molecule has 1 aliphatic carbocycles. The van der Waals surface area contributed by atoms with E-state index in [0.29, 0.717) is 5.56 Å². The highest BCUT2D eigenvalue weighted by molar-refractivity contribution is 5.96. The number of methoxy groups -OCH3 is 1. The molecule has 1 aliphatic rings. The molecule has 0 saturated heterocycles. The minimum absolute atomic E-state index is 0.116. The van der Waals surface area contributed by atoms with E-state index >= 15 is 0 Å². The zero-order valence-electron chi connectivity index (χ0n) is 11.8. The standard InChI is InChI=1S/C14H15N3O4/c1-8-12(17(19)20)5-10(6-13(8)21-2)14(18)16-11(7-15)9-3-4-9/h5-6,9,11H,3-4H2,1-2H3,(H,16,18)/t11-/m1/s1. The lowest BCUT2D eigenvalue weighted by molar-refractivity contribution is -0.385. The Kier molecular flexibility index (Phi) is 4.08. The summed E-state index contributed by atoms with van der Waals surface area (Å²) in [6.45, 7) is 1.56. The van der Waals surface area contributed by atoms with Crippen LogP contribution >= 0.6 is 0 Å². The summed E-state index contributed by atoms with van der Waals surface area (Å²) in [6.07, 6.45) is 1.83. The molecule has 2 rings (SSSR count). The van der Waals surface area contributed by atoms with Crippen LogP contribution in [0.3, 0.4) is 0 Å². The lowest BCUT2D eigenvalue weighted by Crippen LogP contribution is -2.35. The molecule has 0 heterocycles. The number of nitrogens with one attached hydrogen (secondary N) is 1. The van der Waals surface area contributed by atoms with Crippen LogP contribution < -0.4 is 10.1 Å². The second kappa shape index (κ2) is 5.79. The molecule has 1 aromatic rings. The number of carbonyl (C=O) groups is 1. The average molecular weight is 289 g/mol. The van der Waals surface area contributed by atoms with E-state index in [1.165, 1.54) is 19.2 Å². The van der Waals surface area contributed by atoms with E-state index in [1.54, 1.807) is 6.92 Å². The van der Waals surface area contributed by atoms with Crippen molar-refractivity contribution < 1.29 is 14.5 Å². The predicted octanol–water partition coefficient (Wildman–Crippen LogP) is 1.94. The molecule has 7 heteroatoms. The molecule has 1 amide bonds. The van der Waals surface area contributed by atoms with Gasteiger partial charge in [-0.3, -0.25) is 14.9 Å². The molecule has 0 aromatic heterocycles. The van der Waals surface area contributed by atoms with Gasteiger partial charge in [-0.1, -0.05) is 0 Å². The fraction of sp³-hybridized carbons (Fsp3) is 0.429. The van der Waals surface area contributed by atoms with E-state index in [0.717, 1.165) is 12.8 Å². The first-order valence-corrected chi connectivity index (χ1v) is 6.51. The Bertz CT molecular complexity index is 632. The summed E-state index contributed by atoms with van der Waals surface area (Å²) in [4.78, 5) is 22.6. The molecule has 1 aromatic carbocycles. The summed E-state index contributed by atoms with van der Waals surface area (Å²) in [5.41, 5.74) is 0.294. The van der Waals surface area contributed by atoms with Gasteiger partial charge in [-0.25, -0.2) is 0 Å². The van der Waals surface area contributed by atoms with Crippen molar-refractivity contribution in [2.45, 2.75) is 25.8 Å². The van der Waals surface area contributed by atoms with E-state index in [-0.39, 0.29) is 22.9 Å². The summed E-state index contributed by atoms with van der Waals surface area (Å²) in [6, 6.07) is 4.14. The molecule has 0 unspecified atom stereocenters. The highest BCUT2D eigenvalue weighted by Crippen LogP contribution is 2.33. The molecule has 0 radical (unpaired) electrons. The summed E-state index contributed by atoms with van der Waals surface area (Å²) in [7, 11) is 1.38. The van der Waals surface area contributed by atoms with Crippen molar-refractivity contribution in [3.8, 4) is 11.8 Å². The van der Waals surface area contributed by atoms with Gasteiger partial charge in [0.25, 0.3) is 11.6 Å². The Hall–Kier alpha value is -2.62. The molecular weight excluding hydrogens is 274 g/mol. The van der Waals surface area contributed by atoms with Gasteiger partial charge in [-0.15, -0.1) is 0 Å². The number of ether oxygens (including phenoxy) is 1. The molecule has 7 nitrogen and oxygen atoms in total. The number of nitriles is 1. The maximum atomic E-state index is 12.2. The van der Waals surface area contributed by atoms with Crippen molar-refractivity contribution >= 4 is 11.6 Å². The van der Waals surface area contributed by atoms with Gasteiger partial charge in [-0.05, 0) is 31.7 Å². The smallest absolute Gasteiger partial charge is 0.276 e. The number of hydrogen-bond acceptors (Lipinski definition) is 5. The number of amides is 1. The van der Waals surface area contributed by atoms with Gasteiger partial charge in [-0.2, -0.15) is 5.26 Å². The zero-order chi connectivity index (χ0) is 15.6. The first kappa shape index (κ1) is 14.8. The van der Waals surface area contributed by atoms with Crippen LogP contribution in [0.4, 0.5) is 5.69 Å². The van der Waals surface area contributed by atoms with E-state index in [2.05, 4.69) is 5.32 Å². The normalized spacial score (nSPS) is 14.9. The molecular formula is C14H15N3O4. The second-order valence-electron chi connectivity index (χ2n) is 5.00. The van der Waals surface area contributed by atoms with Crippen molar-refractivity contribution in [1.82, 2.24) is 5.32 Å². The van der Waals surface area contributed by atoms with Crippen LogP contribution in [0.5, 0.6) is 5.75 Å². The lowest BCUT2D eigenvalue weighted by Gasteiger charge is -2.12. The average Bonchev–Trinajstić information content (AvgIpc) is 3.28. The number of benzene rings is 1. The number of nitro benzene ring substituents is 1. The van der Waals surface area contributed by atoms with Crippen LogP contribution in [0, 0.1) is 34.3 Å². The summed E-state index contributed by atoms with van der Waals surface area (Å²) < 4.78 is 5.07. The molecule has 21 heavy (non-hydrogen) atoms. The Morgan fingerprint density at radius 3 is 2.71 bits per heavy atom. The maximum absolute atomic E-state index is 12.2. The molecule has 0 aliphatic heterocycles. The topological polar surface area (TPSA) is 105 Å². The van der Waals surface area contributed by atoms with Gasteiger partial charge in [0.05, 0.1) is 23.7 Å². The fourth-order valence-electron chi connectivity index (χ4n) is 2.12. The minimum Gasteiger partial charge on any atom is -0.496 e. The van der Waals surface area contributed by atoms with E-state index in [1.807, 2.05) is 6.07 Å². The third kappa shape index (κ3) is 3.11. The van der Waals surface area contributed by atoms with E-state index in [9.17, 15) is 14.9 Å². The molecule has 0 spiro atoms. The summed E-state index contributed by atoms with van der Waals surface area (Å²) in [5.74, 6) is -0.0505. The molecule has 1 N–H and O–H groups in total. The molecule has 1 atom stereocenters. The quantitative estimate of drug-likeness (QED) is 0.658. The zero-order valence-corrected chi connectivity index (χ0v) is 11.8. The van der Waals surface area contributed by atoms with Gasteiger partial charge >= 0.3 is 0 Å². The van der Waals surface area contributed by atoms with Crippen molar-refractivity contribution in [1.29, 1.82) is 5.26 Å². The second-order valence-corrected chi connectivity index (χ2v) is 5.00. The Morgan fingerprint density at radius 1 is 1.57 bits per heavy atom. The summed E-state index contributed by atoms with van der Waals surface area (Å²) >= 11 is 0. The van der Waals surface area contributed by atoms with Crippen LogP contribution in [-0.4, -0.2) is 24.0 Å². The number of hydrogen-bond donors (Lipinski definition) is 1. The van der Waals surface area contributed by atoms with Crippen LogP contribution in [0.15, 0.2) is 12.1 Å². The van der Waals surface area contributed by atoms with Crippen LogP contribution in [0.1, 0.15) is 28.8 Å². The predicted molar refractivity (Wildman–Crippen MR) is 74.0 cm³/mol. The number of nitro groups is 1. The van der Waals surface area contributed by atoms with Crippen molar-refractivity contribution in [2.75, 3.05) is 7.11 Å². The van der Waals surface area contributed by atoms with Gasteiger partial charge < -0.3 is 10.1 Å². The first-order valence-electron chi connectivity index (χ1n) is 6.51. The number of rotatable bonds is 5. The van der Waals surface area contributed by atoms with Crippen LogP contribution in [0.25, 0.3) is 0 Å². The molecule has 110 valence electrons. The van der Waals surface area contributed by atoms with Gasteiger partial charge in [0.15, 0.2) is 0 Å². The van der Waals surface area contributed by atoms with Crippen molar-refractivity contribution in [3.63, 3.8) is 0 Å². The highest BCUT2D eigenvalue weighted by Gasteiger charge is 2.33. The third-order valence-electron chi connectivity index (χ3n) is 3.53. The SMILES string of the molecule is COc1cc(C(=O)N[C@H](C#N)C2CC2)cc([N+](=O)[O-])c1C. The van der Waals surface area contributed by atoms with Crippen molar-refractivity contribution in [2.24, 2.45) is 5.92 Å². The van der Waals surface area contributed by atoms with E-state index < -0.39 is 16.9 Å². The number of carbonyl (C=O) groups excluding carboxylic acids is 1. The Morgan fingerprint density at radius 2 is 2.24 bits per heavy atom. The highest BCUT2D eigenvalue weighted by atomic mass is 16.6. The van der Waals surface area contributed by atoms with E-state index in [4.69, 9.17) is 10.00 Å². The Labute approximate surface area is 121 Å². The van der Waals surface area contributed by atoms with Gasteiger partial charge in [0.2, 0.25) is 0 Å². The maximum Gasteiger partial charge on any atom is 0.276 e. The fourth-order valence-corrected chi connectivity index (χ4v) is 2.12. The number of nitrogens with zero attached hydrogens (tertiary/aromatic N) is 2. The monoisotopic (exact) mass is 289 g/mol. The third-order valence-corrected chi connectivity index (χ3v) is 3.53. The molecule has 1 saturated carbocycles. The van der Waals surface area contributed by atoms with Crippen LogP contribution in [-0.2, 0) is 0 Å². The summed E-state index contributed by atoms with van der Waals surface area (Å²) in [5, 5.41) is 22.7. The molecule has 0 bridgehead atoms.